The summed E-state index contributed by atoms with van der Waals surface area (Å²) in [6, 6.07) is 3.41. The summed E-state index contributed by atoms with van der Waals surface area (Å²) >= 11 is 5.45. The minimum atomic E-state index is 0.369. The third-order valence-electron chi connectivity index (χ3n) is 0.786. The molecule has 0 saturated heterocycles. The second kappa shape index (κ2) is 2.47. The summed E-state index contributed by atoms with van der Waals surface area (Å²) in [5.74, 6) is 0. The Bertz CT molecular complexity index is 251. The number of nitrogens with zero attached hydrogens (tertiary/aromatic N) is 2. The molecule has 2 nitrogen and oxygen atoms in total. The second-order valence-electron chi connectivity index (χ2n) is 1.43. The Balaban J connectivity index is 3.12. The molecule has 0 unspecified atom stereocenters. The Morgan fingerprint density at radius 1 is 1.78 bits per heavy atom. The first kappa shape index (κ1) is 6.06. The van der Waals surface area contributed by atoms with E-state index in [-0.39, 0.29) is 0 Å². The molecule has 0 amide bonds. The van der Waals surface area contributed by atoms with Crippen LogP contribution < -0.4 is 0 Å². The summed E-state index contributed by atoms with van der Waals surface area (Å²) in [5.41, 5.74) is 0.457. The van der Waals surface area contributed by atoms with Gasteiger partial charge in [-0.3, -0.25) is 4.98 Å². The van der Waals surface area contributed by atoms with Crippen molar-refractivity contribution in [3.63, 3.8) is 0 Å². The zero-order chi connectivity index (χ0) is 6.69. The lowest BCUT2D eigenvalue weighted by Crippen LogP contribution is -1.76. The van der Waals surface area contributed by atoms with E-state index in [4.69, 9.17) is 16.9 Å². The highest BCUT2D eigenvalue weighted by Crippen LogP contribution is 2.05. The van der Waals surface area contributed by atoms with Crippen LogP contribution in [0.4, 0.5) is 0 Å². The van der Waals surface area contributed by atoms with Gasteiger partial charge in [0.1, 0.15) is 12.3 Å². The van der Waals surface area contributed by atoms with Crippen LogP contribution in [0.3, 0.4) is 0 Å². The van der Waals surface area contributed by atoms with Gasteiger partial charge in [0.15, 0.2) is 0 Å². The van der Waals surface area contributed by atoms with Crippen LogP contribution in [0.5, 0.6) is 0 Å². The highest BCUT2D eigenvalue weighted by molar-refractivity contribution is 6.30. The number of hydrogen-bond donors (Lipinski definition) is 0. The standard InChI is InChI=1S/C6H2ClN2/c7-6-1-5(2-8)3-9-4-6/h1,3H. The lowest BCUT2D eigenvalue weighted by Gasteiger charge is -1.84. The van der Waals surface area contributed by atoms with E-state index < -0.39 is 0 Å². The molecule has 0 spiro atoms. The molecule has 0 aliphatic carbocycles. The fourth-order valence-electron chi connectivity index (χ4n) is 0.431. The minimum Gasteiger partial charge on any atom is -0.252 e. The molecule has 1 rings (SSSR count). The largest absolute Gasteiger partial charge is 0.252 e. The van der Waals surface area contributed by atoms with Crippen LogP contribution in [-0.2, 0) is 0 Å². The summed E-state index contributed by atoms with van der Waals surface area (Å²) in [6.45, 7) is 0. The van der Waals surface area contributed by atoms with E-state index in [0.717, 1.165) is 0 Å². The van der Waals surface area contributed by atoms with Crippen molar-refractivity contribution in [1.29, 1.82) is 5.26 Å². The van der Waals surface area contributed by atoms with E-state index in [0.29, 0.717) is 10.6 Å². The predicted octanol–water partition coefficient (Wildman–Crippen LogP) is 1.41. The van der Waals surface area contributed by atoms with Crippen LogP contribution in [0.15, 0.2) is 12.3 Å². The normalized spacial score (nSPS) is 8.44. The van der Waals surface area contributed by atoms with Gasteiger partial charge in [-0.1, -0.05) is 11.6 Å². The fraction of sp³-hybridized carbons (Fsp3) is 0. The maximum absolute atomic E-state index is 8.30. The van der Waals surface area contributed by atoms with Crippen LogP contribution in [0.1, 0.15) is 5.56 Å². The van der Waals surface area contributed by atoms with E-state index in [1.54, 1.807) is 0 Å². The van der Waals surface area contributed by atoms with Gasteiger partial charge in [-0.2, -0.15) is 5.26 Å². The van der Waals surface area contributed by atoms with Gasteiger partial charge in [0.05, 0.1) is 10.6 Å². The second-order valence-corrected chi connectivity index (χ2v) is 1.84. The molecule has 0 fully saturated rings. The number of aromatic nitrogens is 1. The quantitative estimate of drug-likeness (QED) is 0.542. The van der Waals surface area contributed by atoms with Crippen LogP contribution in [0.25, 0.3) is 0 Å². The first-order valence-electron chi connectivity index (χ1n) is 2.26. The Morgan fingerprint density at radius 3 is 3.00 bits per heavy atom. The highest BCUT2D eigenvalue weighted by atomic mass is 35.5. The molecule has 0 aliphatic rings. The first-order valence-corrected chi connectivity index (χ1v) is 2.64. The Labute approximate surface area is 57.7 Å². The molecule has 0 N–H and O–H groups in total. The molecule has 3 heteroatoms. The van der Waals surface area contributed by atoms with Crippen LogP contribution in [0, 0.1) is 17.5 Å². The molecule has 0 aliphatic heterocycles. The first-order chi connectivity index (χ1) is 4.33. The molecule has 9 heavy (non-hydrogen) atoms. The molecule has 0 saturated carbocycles. The highest BCUT2D eigenvalue weighted by Gasteiger charge is 1.90. The zero-order valence-corrected chi connectivity index (χ0v) is 5.18. The summed E-state index contributed by atoms with van der Waals surface area (Å²) in [5, 5.41) is 8.67. The molecule has 0 atom stereocenters. The van der Waals surface area contributed by atoms with Gasteiger partial charge < -0.3 is 0 Å². The van der Waals surface area contributed by atoms with Crippen LogP contribution >= 0.6 is 11.6 Å². The SMILES string of the molecule is N#Cc1cn[c]c(Cl)c1. The lowest BCUT2D eigenvalue weighted by molar-refractivity contribution is 1.29. The van der Waals surface area contributed by atoms with Crippen molar-refractivity contribution in [3.05, 3.63) is 29.0 Å². The van der Waals surface area contributed by atoms with E-state index in [9.17, 15) is 0 Å². The van der Waals surface area contributed by atoms with Gasteiger partial charge in [0.2, 0.25) is 0 Å². The molecule has 43 valence electrons. The fourth-order valence-corrected chi connectivity index (χ4v) is 0.597. The van der Waals surface area contributed by atoms with Crippen molar-refractivity contribution in [2.24, 2.45) is 0 Å². The van der Waals surface area contributed by atoms with Crippen molar-refractivity contribution in [2.45, 2.75) is 0 Å². The Morgan fingerprint density at radius 2 is 2.56 bits per heavy atom. The minimum absolute atomic E-state index is 0.369. The van der Waals surface area contributed by atoms with Gasteiger partial charge in [0.25, 0.3) is 0 Å². The van der Waals surface area contributed by atoms with Crippen molar-refractivity contribution in [2.75, 3.05) is 0 Å². The van der Waals surface area contributed by atoms with Gasteiger partial charge in [-0.05, 0) is 6.07 Å². The van der Waals surface area contributed by atoms with Crippen LogP contribution in [-0.4, -0.2) is 4.98 Å². The number of halogens is 1. The molecular formula is C6H2ClN2. The van der Waals surface area contributed by atoms with Gasteiger partial charge in [0, 0.05) is 6.20 Å². The summed E-state index contributed by atoms with van der Waals surface area (Å²) in [6.07, 6.45) is 3.88. The van der Waals surface area contributed by atoms with Gasteiger partial charge >= 0.3 is 0 Å². The number of hydrogen-bond acceptors (Lipinski definition) is 2. The molecule has 1 aromatic heterocycles. The number of pyridine rings is 1. The van der Waals surface area contributed by atoms with Crippen molar-refractivity contribution >= 4 is 11.6 Å². The summed E-state index contributed by atoms with van der Waals surface area (Å²) in [4.78, 5) is 3.58. The van der Waals surface area contributed by atoms with E-state index >= 15 is 0 Å². The van der Waals surface area contributed by atoms with Crippen molar-refractivity contribution in [3.8, 4) is 6.07 Å². The van der Waals surface area contributed by atoms with Gasteiger partial charge in [-0.15, -0.1) is 0 Å². The third-order valence-corrected chi connectivity index (χ3v) is 0.980. The maximum atomic E-state index is 8.30. The average Bonchev–Trinajstić information content (AvgIpc) is 1.88. The van der Waals surface area contributed by atoms with Crippen molar-refractivity contribution < 1.29 is 0 Å². The molecule has 1 heterocycles. The average molecular weight is 138 g/mol. The van der Waals surface area contributed by atoms with E-state index in [1.807, 2.05) is 6.07 Å². The molecule has 0 bridgehead atoms. The summed E-state index contributed by atoms with van der Waals surface area (Å²) < 4.78 is 0. The molecule has 0 aromatic carbocycles. The Hall–Kier alpha value is -1.07. The number of nitriles is 1. The summed E-state index contributed by atoms with van der Waals surface area (Å²) in [7, 11) is 0. The van der Waals surface area contributed by atoms with Crippen LogP contribution in [0.2, 0.25) is 5.02 Å². The zero-order valence-electron chi connectivity index (χ0n) is 4.43. The molecule has 1 radical (unpaired) electrons. The van der Waals surface area contributed by atoms with E-state index in [1.165, 1.54) is 12.3 Å². The lowest BCUT2D eigenvalue weighted by atomic mass is 10.3. The monoisotopic (exact) mass is 137 g/mol. The van der Waals surface area contributed by atoms with Crippen molar-refractivity contribution in [1.82, 2.24) is 4.98 Å². The number of rotatable bonds is 0. The van der Waals surface area contributed by atoms with Gasteiger partial charge in [-0.25, -0.2) is 0 Å². The topological polar surface area (TPSA) is 36.7 Å². The maximum Gasteiger partial charge on any atom is 0.109 e. The molecule has 1 aromatic rings. The third kappa shape index (κ3) is 1.41. The predicted molar refractivity (Wildman–Crippen MR) is 32.8 cm³/mol. The Kier molecular flexibility index (Phi) is 1.66. The van der Waals surface area contributed by atoms with E-state index in [2.05, 4.69) is 11.2 Å². The molecular weight excluding hydrogens is 136 g/mol. The smallest absolute Gasteiger partial charge is 0.109 e.